The van der Waals surface area contributed by atoms with Crippen LogP contribution >= 0.6 is 35.5 Å². The molecule has 4 heterocycles. The van der Waals surface area contributed by atoms with Gasteiger partial charge in [-0.3, -0.25) is 14.5 Å². The number of nitrogens with zero attached hydrogens (tertiary/aromatic N) is 6. The summed E-state index contributed by atoms with van der Waals surface area (Å²) < 4.78 is 3.93. The molecule has 42 heavy (non-hydrogen) atoms. The molecule has 4 rings (SSSR count). The van der Waals surface area contributed by atoms with Crippen LogP contribution in [-0.4, -0.2) is 105 Å². The summed E-state index contributed by atoms with van der Waals surface area (Å²) in [5.41, 5.74) is 13.3. The van der Waals surface area contributed by atoms with Crippen molar-refractivity contribution in [1.82, 2.24) is 24.5 Å². The SMILES string of the molecule is CCN1C(C2=C(C(=O)O)N3C(=O)C(C=S)(NC(=O)/C(=N\OC(C)(C)C(=O)O)c4nsc(N)n4)[C@@H]3SC2)=NC(N)=CC1N. The fourth-order valence-corrected chi connectivity index (χ4v) is 6.44. The number of likely N-dealkylation sites (N-methyl/N-ethyl adjacent to an activating group) is 1. The molecule has 0 saturated carbocycles. The Hall–Kier alpha value is -4.14. The third-order valence-corrected chi connectivity index (χ3v) is 8.65. The van der Waals surface area contributed by atoms with Crippen LogP contribution in [0.3, 0.4) is 0 Å². The number of carboxylic acids is 2. The first kappa shape index (κ1) is 30.8. The smallest absolute Gasteiger partial charge is 0.353 e. The molecule has 3 aliphatic rings. The number of thiocarbonyl (C=S) groups is 1. The number of anilines is 1. The number of hydrogen-bond acceptors (Lipinski definition) is 16. The van der Waals surface area contributed by atoms with E-state index in [4.69, 9.17) is 34.3 Å². The summed E-state index contributed by atoms with van der Waals surface area (Å²) in [7, 11) is 0. The normalized spacial score (nSPS) is 24.3. The highest BCUT2D eigenvalue weighted by Crippen LogP contribution is 2.46. The number of fused-ring (bicyclic) bond motifs is 1. The number of oxime groups is 1. The molecule has 1 aromatic rings. The molecular formula is C22H26N10O7S3. The van der Waals surface area contributed by atoms with Gasteiger partial charge in [0, 0.05) is 34.8 Å². The predicted octanol–water partition coefficient (Wildman–Crippen LogP) is -1.37. The zero-order chi connectivity index (χ0) is 31.1. The zero-order valence-corrected chi connectivity index (χ0v) is 24.7. The maximum absolute atomic E-state index is 13.7. The van der Waals surface area contributed by atoms with Gasteiger partial charge in [0.25, 0.3) is 11.8 Å². The van der Waals surface area contributed by atoms with E-state index < -0.39 is 52.1 Å². The maximum Gasteiger partial charge on any atom is 0.353 e. The molecule has 0 bridgehead atoms. The first-order valence-corrected chi connectivity index (χ1v) is 14.4. The second kappa shape index (κ2) is 11.3. The molecule has 0 radical (unpaired) electrons. The van der Waals surface area contributed by atoms with Gasteiger partial charge >= 0.3 is 11.9 Å². The van der Waals surface area contributed by atoms with Gasteiger partial charge in [0.15, 0.2) is 10.7 Å². The van der Waals surface area contributed by atoms with Crippen LogP contribution in [0.15, 0.2) is 33.3 Å². The predicted molar refractivity (Wildman–Crippen MR) is 156 cm³/mol. The molecule has 17 nitrogen and oxygen atoms in total. The summed E-state index contributed by atoms with van der Waals surface area (Å²) in [6.07, 6.45) is 0.845. The topological polar surface area (TPSA) is 265 Å². The van der Waals surface area contributed by atoms with Crippen LogP contribution in [0.25, 0.3) is 0 Å². The van der Waals surface area contributed by atoms with Crippen molar-refractivity contribution < 1.29 is 34.2 Å². The van der Waals surface area contributed by atoms with E-state index in [1.54, 1.807) is 11.8 Å². The number of aliphatic carboxylic acids is 2. The Bertz CT molecular complexity index is 1500. The van der Waals surface area contributed by atoms with Crippen LogP contribution < -0.4 is 22.5 Å². The fraction of sp³-hybridized carbons (Fsp3) is 0.409. The molecule has 0 aliphatic carbocycles. The van der Waals surface area contributed by atoms with Crippen LogP contribution in [0, 0.1) is 0 Å². The molecule has 0 aromatic carbocycles. The second-order valence-corrected chi connectivity index (χ2v) is 11.6. The fourth-order valence-electron chi connectivity index (χ4n) is 4.20. The van der Waals surface area contributed by atoms with Crippen molar-refractivity contribution in [2.75, 3.05) is 18.0 Å². The molecule has 2 unspecified atom stereocenters. The Balaban J connectivity index is 1.70. The van der Waals surface area contributed by atoms with Crippen molar-refractivity contribution in [3.05, 3.63) is 29.0 Å². The first-order chi connectivity index (χ1) is 19.7. The standard InChI is InChI=1S/C22H26N10O7S3/c1-4-31-10(24)5-9(23)26-14(31)8-6-41-18-22(7-40,17(36)32(18)12(8)16(34)35)28-15(33)11(13-27-20(25)42-30-13)29-39-21(2,3)19(37)38/h5,7,10,18H,4,6,23-24H2,1-3H3,(H,28,33)(H,34,35)(H,37,38)(H2,25,27,30)/b29-11-/t10?,18-,22?/m0/s1. The number of β-lactam (4-membered cyclic amide) rings is 1. The number of carbonyl (C=O) groups is 4. The van der Waals surface area contributed by atoms with E-state index in [2.05, 4.69) is 24.8 Å². The van der Waals surface area contributed by atoms with Crippen LogP contribution in [-0.2, 0) is 24.0 Å². The molecule has 3 atom stereocenters. The summed E-state index contributed by atoms with van der Waals surface area (Å²) in [5.74, 6) is -4.61. The van der Waals surface area contributed by atoms with E-state index in [0.29, 0.717) is 6.54 Å². The lowest BCUT2D eigenvalue weighted by atomic mass is 9.87. The van der Waals surface area contributed by atoms with E-state index in [0.717, 1.165) is 33.6 Å². The van der Waals surface area contributed by atoms with Crippen molar-refractivity contribution in [3.63, 3.8) is 0 Å². The molecule has 3 aliphatic heterocycles. The van der Waals surface area contributed by atoms with Gasteiger partial charge in [-0.15, -0.1) is 11.8 Å². The largest absolute Gasteiger partial charge is 0.478 e. The number of amides is 2. The van der Waals surface area contributed by atoms with Gasteiger partial charge in [-0.05, 0) is 26.8 Å². The Morgan fingerprint density at radius 3 is 2.60 bits per heavy atom. The Morgan fingerprint density at radius 2 is 2.05 bits per heavy atom. The highest BCUT2D eigenvalue weighted by molar-refractivity contribution is 8.00. The Morgan fingerprint density at radius 1 is 1.36 bits per heavy atom. The lowest BCUT2D eigenvalue weighted by molar-refractivity contribution is -0.161. The molecule has 1 saturated heterocycles. The van der Waals surface area contributed by atoms with Gasteiger partial charge in [0.1, 0.15) is 28.9 Å². The number of hydrogen-bond donors (Lipinski definition) is 6. The van der Waals surface area contributed by atoms with Gasteiger partial charge in [-0.25, -0.2) is 14.6 Å². The van der Waals surface area contributed by atoms with Crippen molar-refractivity contribution in [1.29, 1.82) is 0 Å². The van der Waals surface area contributed by atoms with Crippen molar-refractivity contribution >= 4 is 81.3 Å². The lowest BCUT2D eigenvalue weighted by Crippen LogP contribution is -2.81. The van der Waals surface area contributed by atoms with Crippen LogP contribution in [0.4, 0.5) is 5.13 Å². The Labute approximate surface area is 251 Å². The highest BCUT2D eigenvalue weighted by Gasteiger charge is 2.65. The number of carboxylic acid groups (broad SMARTS) is 2. The number of carbonyl (C=O) groups excluding carboxylic acids is 2. The molecule has 224 valence electrons. The third kappa shape index (κ3) is 5.16. The minimum Gasteiger partial charge on any atom is -0.478 e. The lowest BCUT2D eigenvalue weighted by Gasteiger charge is -2.55. The zero-order valence-electron chi connectivity index (χ0n) is 22.3. The van der Waals surface area contributed by atoms with Gasteiger partial charge in [-0.2, -0.15) is 9.36 Å². The van der Waals surface area contributed by atoms with Crippen molar-refractivity contribution in [2.24, 2.45) is 21.6 Å². The number of nitrogens with one attached hydrogen (secondary N) is 1. The monoisotopic (exact) mass is 638 g/mol. The molecule has 1 aromatic heterocycles. The summed E-state index contributed by atoms with van der Waals surface area (Å²) >= 11 is 7.02. The van der Waals surface area contributed by atoms with E-state index in [-0.39, 0.29) is 39.6 Å². The number of thioether (sulfide) groups is 1. The number of nitrogens with two attached hydrogens (primary N) is 3. The molecule has 1 fully saturated rings. The molecular weight excluding hydrogens is 613 g/mol. The average molecular weight is 639 g/mol. The van der Waals surface area contributed by atoms with Crippen LogP contribution in [0.1, 0.15) is 26.6 Å². The third-order valence-electron chi connectivity index (χ3n) is 6.39. The van der Waals surface area contributed by atoms with Crippen LogP contribution in [0.5, 0.6) is 0 Å². The Kier molecular flexibility index (Phi) is 8.27. The number of nitrogen functional groups attached to an aromatic ring is 1. The molecule has 2 amide bonds. The first-order valence-electron chi connectivity index (χ1n) is 12.1. The maximum atomic E-state index is 13.7. The number of aromatic nitrogens is 2. The summed E-state index contributed by atoms with van der Waals surface area (Å²) in [6, 6.07) is 0. The van der Waals surface area contributed by atoms with Gasteiger partial charge in [0.05, 0.1) is 0 Å². The average Bonchev–Trinajstić information content (AvgIpc) is 3.35. The van der Waals surface area contributed by atoms with E-state index in [1.807, 2.05) is 0 Å². The van der Waals surface area contributed by atoms with Gasteiger partial charge < -0.3 is 42.5 Å². The van der Waals surface area contributed by atoms with Crippen molar-refractivity contribution in [2.45, 2.75) is 43.5 Å². The summed E-state index contributed by atoms with van der Waals surface area (Å²) in [6.45, 7) is 4.58. The number of aliphatic imine (C=N–C) groups is 1. The number of amidine groups is 1. The molecule has 20 heteroatoms. The van der Waals surface area contributed by atoms with Crippen molar-refractivity contribution in [3.8, 4) is 0 Å². The number of rotatable bonds is 10. The summed E-state index contributed by atoms with van der Waals surface area (Å²) in [4.78, 5) is 67.1. The molecule has 9 N–H and O–H groups in total. The minimum absolute atomic E-state index is 0.0213. The second-order valence-electron chi connectivity index (χ2n) is 9.52. The van der Waals surface area contributed by atoms with Crippen LogP contribution in [0.2, 0.25) is 0 Å². The quantitative estimate of drug-likeness (QED) is 0.0747. The van der Waals surface area contributed by atoms with E-state index in [9.17, 15) is 29.4 Å². The van der Waals surface area contributed by atoms with Gasteiger partial charge in [0.2, 0.25) is 17.1 Å². The van der Waals surface area contributed by atoms with Gasteiger partial charge in [-0.1, -0.05) is 17.4 Å². The summed E-state index contributed by atoms with van der Waals surface area (Å²) in [5, 5.41) is 25.7. The van der Waals surface area contributed by atoms with E-state index >= 15 is 0 Å². The van der Waals surface area contributed by atoms with E-state index in [1.165, 1.54) is 19.9 Å². The highest BCUT2D eigenvalue weighted by atomic mass is 32.2. The minimum atomic E-state index is -1.86. The molecule has 0 spiro atoms.